The van der Waals surface area contributed by atoms with Crippen molar-refractivity contribution in [1.82, 2.24) is 0 Å². The van der Waals surface area contributed by atoms with Crippen LogP contribution in [0.5, 0.6) is 0 Å². The van der Waals surface area contributed by atoms with Gasteiger partial charge < -0.3 is 5.73 Å². The fourth-order valence-corrected chi connectivity index (χ4v) is 1.15. The first-order chi connectivity index (χ1) is 6.10. The van der Waals surface area contributed by atoms with E-state index < -0.39 is 5.41 Å². The summed E-state index contributed by atoms with van der Waals surface area (Å²) in [6.07, 6.45) is 0. The summed E-state index contributed by atoms with van der Waals surface area (Å²) in [6.45, 7) is 4.33. The van der Waals surface area contributed by atoms with E-state index in [9.17, 15) is 0 Å². The maximum absolute atomic E-state index is 8.93. The Morgan fingerprint density at radius 3 is 2.69 bits per heavy atom. The molecular weight excluding hydrogens is 160 g/mol. The summed E-state index contributed by atoms with van der Waals surface area (Å²) in [5, 5.41) is 8.93. The molecule has 68 valence electrons. The Morgan fingerprint density at radius 2 is 2.15 bits per heavy atom. The van der Waals surface area contributed by atoms with E-state index in [-0.39, 0.29) is 0 Å². The van der Waals surface area contributed by atoms with Crippen LogP contribution in [-0.2, 0) is 12.0 Å². The van der Waals surface area contributed by atoms with E-state index in [1.807, 2.05) is 38.1 Å². The molecule has 0 radical (unpaired) electrons. The monoisotopic (exact) mass is 174 g/mol. The Kier molecular flexibility index (Phi) is 2.69. The van der Waals surface area contributed by atoms with Gasteiger partial charge in [-0.1, -0.05) is 24.3 Å². The average molecular weight is 174 g/mol. The van der Waals surface area contributed by atoms with E-state index in [1.165, 1.54) is 0 Å². The Bertz CT molecular complexity index is 334. The topological polar surface area (TPSA) is 49.8 Å². The van der Waals surface area contributed by atoms with Gasteiger partial charge in [-0.3, -0.25) is 0 Å². The third-order valence-electron chi connectivity index (χ3n) is 2.16. The summed E-state index contributed by atoms with van der Waals surface area (Å²) < 4.78 is 0. The Labute approximate surface area is 79.0 Å². The van der Waals surface area contributed by atoms with Gasteiger partial charge in [0, 0.05) is 6.54 Å². The first-order valence-electron chi connectivity index (χ1n) is 4.31. The van der Waals surface area contributed by atoms with Crippen molar-refractivity contribution in [3.63, 3.8) is 0 Å². The lowest BCUT2D eigenvalue weighted by atomic mass is 9.85. The van der Waals surface area contributed by atoms with Crippen LogP contribution >= 0.6 is 0 Å². The number of hydrogen-bond acceptors (Lipinski definition) is 2. The normalized spacial score (nSPS) is 10.9. The van der Waals surface area contributed by atoms with Crippen molar-refractivity contribution in [1.29, 1.82) is 5.26 Å². The maximum atomic E-state index is 8.93. The lowest BCUT2D eigenvalue weighted by Crippen LogP contribution is -2.14. The molecular formula is C11H14N2. The van der Waals surface area contributed by atoms with Gasteiger partial charge in [-0.15, -0.1) is 0 Å². The molecule has 0 aliphatic rings. The molecule has 0 bridgehead atoms. The summed E-state index contributed by atoms with van der Waals surface area (Å²) in [7, 11) is 0. The van der Waals surface area contributed by atoms with Crippen molar-refractivity contribution in [2.24, 2.45) is 5.73 Å². The van der Waals surface area contributed by atoms with E-state index >= 15 is 0 Å². The standard InChI is InChI=1S/C11H14N2/c1-11(2,8-13)10-5-3-4-9(6-10)7-12/h3-6H,7,12H2,1-2H3. The number of benzene rings is 1. The molecule has 1 aromatic carbocycles. The number of nitriles is 1. The average Bonchev–Trinajstić information content (AvgIpc) is 2.18. The maximum Gasteiger partial charge on any atom is 0.0766 e. The SMILES string of the molecule is CC(C)(C#N)c1cccc(CN)c1. The van der Waals surface area contributed by atoms with E-state index in [0.29, 0.717) is 6.54 Å². The molecule has 0 heterocycles. The molecule has 0 aromatic heterocycles. The van der Waals surface area contributed by atoms with Crippen molar-refractivity contribution in [2.75, 3.05) is 0 Å². The Morgan fingerprint density at radius 1 is 1.46 bits per heavy atom. The third kappa shape index (κ3) is 2.07. The van der Waals surface area contributed by atoms with Gasteiger partial charge in [0.1, 0.15) is 0 Å². The molecule has 0 aliphatic carbocycles. The van der Waals surface area contributed by atoms with Crippen LogP contribution in [0.1, 0.15) is 25.0 Å². The second-order valence-electron chi connectivity index (χ2n) is 3.64. The minimum Gasteiger partial charge on any atom is -0.326 e. The Hall–Kier alpha value is -1.33. The van der Waals surface area contributed by atoms with Crippen LogP contribution in [0.2, 0.25) is 0 Å². The fraction of sp³-hybridized carbons (Fsp3) is 0.364. The lowest BCUT2D eigenvalue weighted by Gasteiger charge is -2.16. The predicted octanol–water partition coefficient (Wildman–Crippen LogP) is 1.95. The van der Waals surface area contributed by atoms with Gasteiger partial charge in [0.05, 0.1) is 11.5 Å². The van der Waals surface area contributed by atoms with E-state index in [0.717, 1.165) is 11.1 Å². The van der Waals surface area contributed by atoms with Crippen LogP contribution in [-0.4, -0.2) is 0 Å². The molecule has 2 nitrogen and oxygen atoms in total. The van der Waals surface area contributed by atoms with Crippen LogP contribution in [0.15, 0.2) is 24.3 Å². The molecule has 0 aliphatic heterocycles. The van der Waals surface area contributed by atoms with Crippen LogP contribution in [0.3, 0.4) is 0 Å². The molecule has 0 amide bonds. The van der Waals surface area contributed by atoms with Crippen molar-refractivity contribution >= 4 is 0 Å². The molecule has 0 fully saturated rings. The number of nitrogens with zero attached hydrogens (tertiary/aromatic N) is 1. The van der Waals surface area contributed by atoms with Crippen molar-refractivity contribution in [3.05, 3.63) is 35.4 Å². The van der Waals surface area contributed by atoms with Gasteiger partial charge in [0.25, 0.3) is 0 Å². The van der Waals surface area contributed by atoms with Crippen LogP contribution in [0, 0.1) is 11.3 Å². The molecule has 0 atom stereocenters. The molecule has 0 saturated heterocycles. The number of rotatable bonds is 2. The highest BCUT2D eigenvalue weighted by molar-refractivity contribution is 5.33. The van der Waals surface area contributed by atoms with Crippen molar-refractivity contribution < 1.29 is 0 Å². The van der Waals surface area contributed by atoms with Crippen LogP contribution in [0.25, 0.3) is 0 Å². The number of nitrogens with two attached hydrogens (primary N) is 1. The zero-order chi connectivity index (χ0) is 9.90. The zero-order valence-corrected chi connectivity index (χ0v) is 8.04. The number of hydrogen-bond donors (Lipinski definition) is 1. The molecule has 0 unspecified atom stereocenters. The molecule has 1 aromatic rings. The van der Waals surface area contributed by atoms with Gasteiger partial charge in [-0.2, -0.15) is 5.26 Å². The lowest BCUT2D eigenvalue weighted by molar-refractivity contribution is 0.685. The summed E-state index contributed by atoms with van der Waals surface area (Å²) in [6, 6.07) is 10.1. The smallest absolute Gasteiger partial charge is 0.0766 e. The largest absolute Gasteiger partial charge is 0.326 e. The first-order valence-corrected chi connectivity index (χ1v) is 4.31. The van der Waals surface area contributed by atoms with E-state index in [2.05, 4.69) is 6.07 Å². The molecule has 0 spiro atoms. The van der Waals surface area contributed by atoms with Gasteiger partial charge in [0.2, 0.25) is 0 Å². The van der Waals surface area contributed by atoms with E-state index in [1.54, 1.807) is 0 Å². The molecule has 1 rings (SSSR count). The minimum atomic E-state index is -0.425. The molecule has 13 heavy (non-hydrogen) atoms. The minimum absolute atomic E-state index is 0.425. The van der Waals surface area contributed by atoms with E-state index in [4.69, 9.17) is 11.0 Å². The molecule has 2 heteroatoms. The first kappa shape index (κ1) is 9.76. The highest BCUT2D eigenvalue weighted by Crippen LogP contribution is 2.22. The van der Waals surface area contributed by atoms with Gasteiger partial charge in [0.15, 0.2) is 0 Å². The van der Waals surface area contributed by atoms with Crippen LogP contribution in [0.4, 0.5) is 0 Å². The quantitative estimate of drug-likeness (QED) is 0.745. The van der Waals surface area contributed by atoms with Gasteiger partial charge in [-0.25, -0.2) is 0 Å². The summed E-state index contributed by atoms with van der Waals surface area (Å²) in [5.74, 6) is 0. The molecule has 2 N–H and O–H groups in total. The van der Waals surface area contributed by atoms with Gasteiger partial charge >= 0.3 is 0 Å². The summed E-state index contributed by atoms with van der Waals surface area (Å²) in [4.78, 5) is 0. The highest BCUT2D eigenvalue weighted by atomic mass is 14.5. The Balaban J connectivity index is 3.10. The van der Waals surface area contributed by atoms with Gasteiger partial charge in [-0.05, 0) is 25.0 Å². The third-order valence-corrected chi connectivity index (χ3v) is 2.16. The second kappa shape index (κ2) is 3.59. The van der Waals surface area contributed by atoms with Crippen molar-refractivity contribution in [2.45, 2.75) is 25.8 Å². The van der Waals surface area contributed by atoms with Crippen molar-refractivity contribution in [3.8, 4) is 6.07 Å². The fourth-order valence-electron chi connectivity index (χ4n) is 1.15. The highest BCUT2D eigenvalue weighted by Gasteiger charge is 2.19. The summed E-state index contributed by atoms with van der Waals surface area (Å²) >= 11 is 0. The second-order valence-corrected chi connectivity index (χ2v) is 3.64. The van der Waals surface area contributed by atoms with Crippen LogP contribution < -0.4 is 5.73 Å². The molecule has 0 saturated carbocycles. The predicted molar refractivity (Wildman–Crippen MR) is 53.0 cm³/mol. The summed E-state index contributed by atoms with van der Waals surface area (Å²) in [5.41, 5.74) is 7.19. The zero-order valence-electron chi connectivity index (χ0n) is 8.04.